The SMILES string of the molecule is CC(=O)N[C@@H]1CN(C(=O)c2ccc(F)c(F)c2)C[C@H]1CO. The number of nitrogens with one attached hydrogen (secondary N) is 1. The molecule has 0 radical (unpaired) electrons. The van der Waals surface area contributed by atoms with Gasteiger partial charge < -0.3 is 15.3 Å². The van der Waals surface area contributed by atoms with E-state index < -0.39 is 17.5 Å². The van der Waals surface area contributed by atoms with Crippen molar-refractivity contribution in [2.75, 3.05) is 19.7 Å². The fourth-order valence-corrected chi connectivity index (χ4v) is 2.46. The molecule has 1 aliphatic heterocycles. The average Bonchev–Trinajstić information content (AvgIpc) is 2.83. The summed E-state index contributed by atoms with van der Waals surface area (Å²) in [7, 11) is 0. The zero-order valence-corrected chi connectivity index (χ0v) is 11.5. The quantitative estimate of drug-likeness (QED) is 0.855. The van der Waals surface area contributed by atoms with E-state index in [9.17, 15) is 23.5 Å². The predicted octanol–water partition coefficient (Wildman–Crippen LogP) is 0.534. The van der Waals surface area contributed by atoms with Crippen molar-refractivity contribution in [3.05, 3.63) is 35.4 Å². The molecule has 2 N–H and O–H groups in total. The minimum absolute atomic E-state index is 0.0362. The summed E-state index contributed by atoms with van der Waals surface area (Å²) >= 11 is 0. The molecule has 21 heavy (non-hydrogen) atoms. The van der Waals surface area contributed by atoms with E-state index in [0.29, 0.717) is 0 Å². The van der Waals surface area contributed by atoms with Gasteiger partial charge in [0.05, 0.1) is 6.04 Å². The van der Waals surface area contributed by atoms with Crippen LogP contribution in [0.25, 0.3) is 0 Å². The summed E-state index contributed by atoms with van der Waals surface area (Å²) in [6.07, 6.45) is 0. The van der Waals surface area contributed by atoms with Crippen molar-refractivity contribution in [3.8, 4) is 0 Å². The maximum Gasteiger partial charge on any atom is 0.254 e. The molecule has 0 saturated carbocycles. The monoisotopic (exact) mass is 298 g/mol. The number of aliphatic hydroxyl groups is 1. The van der Waals surface area contributed by atoms with Crippen LogP contribution < -0.4 is 5.32 Å². The highest BCUT2D eigenvalue weighted by atomic mass is 19.2. The Hall–Kier alpha value is -2.02. The van der Waals surface area contributed by atoms with Gasteiger partial charge in [-0.15, -0.1) is 0 Å². The van der Waals surface area contributed by atoms with Gasteiger partial charge >= 0.3 is 0 Å². The first kappa shape index (κ1) is 15.4. The Labute approximate surface area is 120 Å². The maximum atomic E-state index is 13.2. The molecule has 114 valence electrons. The van der Waals surface area contributed by atoms with Crippen LogP contribution in [0.15, 0.2) is 18.2 Å². The number of rotatable bonds is 3. The number of nitrogens with zero attached hydrogens (tertiary/aromatic N) is 1. The van der Waals surface area contributed by atoms with Crippen LogP contribution in [-0.2, 0) is 4.79 Å². The molecule has 7 heteroatoms. The van der Waals surface area contributed by atoms with Crippen LogP contribution in [-0.4, -0.2) is 47.6 Å². The number of hydrogen-bond acceptors (Lipinski definition) is 3. The zero-order chi connectivity index (χ0) is 15.6. The van der Waals surface area contributed by atoms with Gasteiger partial charge in [0.1, 0.15) is 0 Å². The molecule has 1 heterocycles. The first-order valence-electron chi connectivity index (χ1n) is 6.54. The first-order valence-corrected chi connectivity index (χ1v) is 6.54. The zero-order valence-electron chi connectivity index (χ0n) is 11.5. The van der Waals surface area contributed by atoms with Crippen LogP contribution in [0, 0.1) is 17.6 Å². The van der Waals surface area contributed by atoms with Gasteiger partial charge in [0.15, 0.2) is 11.6 Å². The Bertz CT molecular complexity index is 565. The molecular formula is C14H16F2N2O3. The molecule has 2 atom stereocenters. The third kappa shape index (κ3) is 3.36. The van der Waals surface area contributed by atoms with Crippen LogP contribution in [0.1, 0.15) is 17.3 Å². The third-order valence-electron chi connectivity index (χ3n) is 3.52. The summed E-state index contributed by atoms with van der Waals surface area (Å²) in [5, 5.41) is 12.0. The molecule has 1 aromatic carbocycles. The van der Waals surface area contributed by atoms with E-state index in [4.69, 9.17) is 0 Å². The highest BCUT2D eigenvalue weighted by Gasteiger charge is 2.35. The standard InChI is InChI=1S/C14H16F2N2O3/c1-8(20)17-13-6-18(5-10(13)7-19)14(21)9-2-3-11(15)12(16)4-9/h2-4,10,13,19H,5-7H2,1H3,(H,17,20)/t10-,13+/m0/s1. The van der Waals surface area contributed by atoms with Crippen molar-refractivity contribution in [1.29, 1.82) is 0 Å². The Morgan fingerprint density at radius 2 is 2.05 bits per heavy atom. The van der Waals surface area contributed by atoms with Crippen molar-refractivity contribution in [2.45, 2.75) is 13.0 Å². The van der Waals surface area contributed by atoms with E-state index in [1.54, 1.807) is 0 Å². The Morgan fingerprint density at radius 1 is 1.33 bits per heavy atom. The van der Waals surface area contributed by atoms with Crippen LogP contribution >= 0.6 is 0 Å². The molecule has 1 saturated heterocycles. The second-order valence-corrected chi connectivity index (χ2v) is 5.09. The number of aliphatic hydroxyl groups excluding tert-OH is 1. The Balaban J connectivity index is 2.13. The van der Waals surface area contributed by atoms with Gasteiger partial charge in [-0.3, -0.25) is 9.59 Å². The van der Waals surface area contributed by atoms with E-state index in [-0.39, 0.29) is 43.1 Å². The van der Waals surface area contributed by atoms with E-state index >= 15 is 0 Å². The summed E-state index contributed by atoms with van der Waals surface area (Å²) < 4.78 is 26.1. The van der Waals surface area contributed by atoms with Gasteiger partial charge in [0, 0.05) is 38.1 Å². The van der Waals surface area contributed by atoms with Crippen LogP contribution in [0.4, 0.5) is 8.78 Å². The Kier molecular flexibility index (Phi) is 4.52. The number of carbonyl (C=O) groups is 2. The predicted molar refractivity (Wildman–Crippen MR) is 70.4 cm³/mol. The molecule has 2 amide bonds. The molecule has 0 unspecified atom stereocenters. The van der Waals surface area contributed by atoms with Gasteiger partial charge in [0.2, 0.25) is 5.91 Å². The minimum Gasteiger partial charge on any atom is -0.396 e. The van der Waals surface area contributed by atoms with Crippen molar-refractivity contribution >= 4 is 11.8 Å². The van der Waals surface area contributed by atoms with Crippen LogP contribution in [0.3, 0.4) is 0 Å². The fourth-order valence-electron chi connectivity index (χ4n) is 2.46. The summed E-state index contributed by atoms with van der Waals surface area (Å²) in [6.45, 7) is 1.66. The molecule has 1 fully saturated rings. The highest BCUT2D eigenvalue weighted by Crippen LogP contribution is 2.20. The van der Waals surface area contributed by atoms with Crippen molar-refractivity contribution in [1.82, 2.24) is 10.2 Å². The second-order valence-electron chi connectivity index (χ2n) is 5.09. The number of halogens is 2. The van der Waals surface area contributed by atoms with Crippen molar-refractivity contribution in [2.24, 2.45) is 5.92 Å². The van der Waals surface area contributed by atoms with E-state index in [1.165, 1.54) is 17.9 Å². The summed E-state index contributed by atoms with van der Waals surface area (Å²) in [5.74, 6) is -3.08. The largest absolute Gasteiger partial charge is 0.396 e. The van der Waals surface area contributed by atoms with Crippen molar-refractivity contribution in [3.63, 3.8) is 0 Å². The molecule has 5 nitrogen and oxygen atoms in total. The number of hydrogen-bond donors (Lipinski definition) is 2. The molecule has 0 spiro atoms. The van der Waals surface area contributed by atoms with Crippen LogP contribution in [0.2, 0.25) is 0 Å². The lowest BCUT2D eigenvalue weighted by Crippen LogP contribution is -2.40. The number of carbonyl (C=O) groups excluding carboxylic acids is 2. The third-order valence-corrected chi connectivity index (χ3v) is 3.52. The minimum atomic E-state index is -1.09. The van der Waals surface area contributed by atoms with E-state index in [1.807, 2.05) is 0 Å². The lowest BCUT2D eigenvalue weighted by molar-refractivity contribution is -0.119. The van der Waals surface area contributed by atoms with Gasteiger partial charge in [-0.05, 0) is 18.2 Å². The number of amides is 2. The molecule has 0 bridgehead atoms. The molecule has 1 aromatic rings. The summed E-state index contributed by atoms with van der Waals surface area (Å²) in [6, 6.07) is 2.60. The highest BCUT2D eigenvalue weighted by molar-refractivity contribution is 5.94. The number of likely N-dealkylation sites (tertiary alicyclic amines) is 1. The molecule has 0 aliphatic carbocycles. The molecule has 1 aliphatic rings. The van der Waals surface area contributed by atoms with Crippen LogP contribution in [0.5, 0.6) is 0 Å². The lowest BCUT2D eigenvalue weighted by Gasteiger charge is -2.17. The maximum absolute atomic E-state index is 13.2. The number of benzene rings is 1. The molecular weight excluding hydrogens is 282 g/mol. The Morgan fingerprint density at radius 3 is 2.62 bits per heavy atom. The topological polar surface area (TPSA) is 69.6 Å². The van der Waals surface area contributed by atoms with E-state index in [2.05, 4.69) is 5.32 Å². The van der Waals surface area contributed by atoms with Crippen molar-refractivity contribution < 1.29 is 23.5 Å². The summed E-state index contributed by atoms with van der Waals surface area (Å²) in [5.41, 5.74) is 0.0362. The first-order chi connectivity index (χ1) is 9.92. The smallest absolute Gasteiger partial charge is 0.254 e. The van der Waals surface area contributed by atoms with Gasteiger partial charge in [-0.25, -0.2) is 8.78 Å². The van der Waals surface area contributed by atoms with Gasteiger partial charge in [-0.2, -0.15) is 0 Å². The van der Waals surface area contributed by atoms with Gasteiger partial charge in [0.25, 0.3) is 5.91 Å². The fraction of sp³-hybridized carbons (Fsp3) is 0.429. The normalized spacial score (nSPS) is 21.4. The summed E-state index contributed by atoms with van der Waals surface area (Å²) in [4.78, 5) is 24.8. The molecule has 0 aromatic heterocycles. The lowest BCUT2D eigenvalue weighted by atomic mass is 10.1. The molecule has 2 rings (SSSR count). The average molecular weight is 298 g/mol. The van der Waals surface area contributed by atoms with Gasteiger partial charge in [-0.1, -0.05) is 0 Å². The van der Waals surface area contributed by atoms with E-state index in [0.717, 1.165) is 12.1 Å². The second kappa shape index (κ2) is 6.17.